The normalized spacial score (nSPS) is 15.2. The lowest BCUT2D eigenvalue weighted by Crippen LogP contribution is -2.48. The van der Waals surface area contributed by atoms with Crippen LogP contribution in [0, 0.1) is 5.41 Å². The minimum Gasteiger partial charge on any atom is -0.482 e. The summed E-state index contributed by atoms with van der Waals surface area (Å²) in [6.07, 6.45) is 0. The Morgan fingerprint density at radius 3 is 2.79 bits per heavy atom. The Kier molecular flexibility index (Phi) is 5.33. The first-order valence-electron chi connectivity index (χ1n) is 7.96. The smallest absolute Gasteiger partial charge is 0.319 e. The molecular weight excluding hydrogens is 308 g/mol. The van der Waals surface area contributed by atoms with Gasteiger partial charge in [-0.2, -0.15) is 0 Å². The second kappa shape index (κ2) is 7.09. The highest BCUT2D eigenvalue weighted by Gasteiger charge is 2.28. The molecule has 0 fully saturated rings. The van der Waals surface area contributed by atoms with Crippen LogP contribution in [-0.2, 0) is 4.79 Å². The van der Waals surface area contributed by atoms with E-state index in [9.17, 15) is 9.59 Å². The van der Waals surface area contributed by atoms with Gasteiger partial charge in [0, 0.05) is 24.3 Å². The summed E-state index contributed by atoms with van der Waals surface area (Å²) >= 11 is 0. The van der Waals surface area contributed by atoms with Crippen molar-refractivity contribution in [2.24, 2.45) is 5.41 Å². The van der Waals surface area contributed by atoms with E-state index in [4.69, 9.17) is 4.74 Å². The van der Waals surface area contributed by atoms with E-state index >= 15 is 0 Å². The molecule has 1 aromatic rings. The number of hydrogen-bond acceptors (Lipinski definition) is 4. The lowest BCUT2D eigenvalue weighted by molar-refractivity contribution is -0.118. The van der Waals surface area contributed by atoms with E-state index in [0.717, 1.165) is 6.54 Å². The first kappa shape index (κ1) is 18.1. The van der Waals surface area contributed by atoms with E-state index in [1.54, 1.807) is 18.2 Å². The van der Waals surface area contributed by atoms with Crippen LogP contribution in [0.15, 0.2) is 18.2 Å². The van der Waals surface area contributed by atoms with Crippen molar-refractivity contribution in [1.29, 1.82) is 0 Å². The standard InChI is InChI=1S/C17H26N4O3/c1-11(17(2,3)10-21(4)5)18-16(23)19-12-6-7-13-14(8-12)24-9-15(22)20-13/h6-8,11H,9-10H2,1-5H3,(H,20,22)(H2,18,19,23)/t11-/m1/s1. The third-order valence-corrected chi connectivity index (χ3v) is 4.12. The van der Waals surface area contributed by atoms with Gasteiger partial charge in [-0.3, -0.25) is 4.79 Å². The van der Waals surface area contributed by atoms with Crippen LogP contribution in [0.1, 0.15) is 20.8 Å². The summed E-state index contributed by atoms with van der Waals surface area (Å²) in [6.45, 7) is 7.08. The van der Waals surface area contributed by atoms with Gasteiger partial charge in [0.2, 0.25) is 0 Å². The van der Waals surface area contributed by atoms with Crippen molar-refractivity contribution in [2.45, 2.75) is 26.8 Å². The number of rotatable bonds is 5. The van der Waals surface area contributed by atoms with Gasteiger partial charge in [0.05, 0.1) is 5.69 Å². The number of nitrogens with zero attached hydrogens (tertiary/aromatic N) is 1. The molecule has 2 rings (SSSR count). The van der Waals surface area contributed by atoms with Gasteiger partial charge in [0.25, 0.3) is 5.91 Å². The van der Waals surface area contributed by atoms with Crippen LogP contribution in [0.3, 0.4) is 0 Å². The molecule has 0 bridgehead atoms. The van der Waals surface area contributed by atoms with Gasteiger partial charge in [-0.05, 0) is 38.6 Å². The van der Waals surface area contributed by atoms with Gasteiger partial charge in [-0.25, -0.2) is 4.79 Å². The number of fused-ring (bicyclic) bond motifs is 1. The first-order chi connectivity index (χ1) is 11.2. The Morgan fingerprint density at radius 1 is 1.42 bits per heavy atom. The number of benzene rings is 1. The number of hydrogen-bond donors (Lipinski definition) is 3. The van der Waals surface area contributed by atoms with E-state index < -0.39 is 0 Å². The number of amides is 3. The van der Waals surface area contributed by atoms with Crippen LogP contribution in [0.4, 0.5) is 16.2 Å². The van der Waals surface area contributed by atoms with Gasteiger partial charge in [-0.15, -0.1) is 0 Å². The third-order valence-electron chi connectivity index (χ3n) is 4.12. The highest BCUT2D eigenvalue weighted by Crippen LogP contribution is 2.30. The minimum atomic E-state index is -0.269. The Morgan fingerprint density at radius 2 is 2.12 bits per heavy atom. The van der Waals surface area contributed by atoms with Crippen molar-refractivity contribution in [1.82, 2.24) is 10.2 Å². The second-order valence-electron chi connectivity index (χ2n) is 7.09. The van der Waals surface area contributed by atoms with Crippen molar-refractivity contribution >= 4 is 23.3 Å². The molecule has 0 aliphatic carbocycles. The van der Waals surface area contributed by atoms with Crippen molar-refractivity contribution in [3.05, 3.63) is 18.2 Å². The van der Waals surface area contributed by atoms with Gasteiger partial charge in [0.1, 0.15) is 5.75 Å². The first-order valence-corrected chi connectivity index (χ1v) is 7.96. The molecule has 0 radical (unpaired) electrons. The molecule has 0 saturated carbocycles. The van der Waals surface area contributed by atoms with E-state index in [2.05, 4.69) is 34.7 Å². The van der Waals surface area contributed by atoms with Crippen LogP contribution in [0.5, 0.6) is 5.75 Å². The molecule has 1 aromatic carbocycles. The maximum Gasteiger partial charge on any atom is 0.319 e. The average molecular weight is 334 g/mol. The number of anilines is 2. The maximum atomic E-state index is 12.2. The lowest BCUT2D eigenvalue weighted by atomic mass is 9.85. The number of nitrogens with one attached hydrogen (secondary N) is 3. The Hall–Kier alpha value is -2.28. The van der Waals surface area contributed by atoms with Crippen LogP contribution < -0.4 is 20.7 Å². The average Bonchev–Trinajstić information content (AvgIpc) is 2.46. The minimum absolute atomic E-state index is 0.00642. The van der Waals surface area contributed by atoms with Gasteiger partial charge in [0.15, 0.2) is 6.61 Å². The topological polar surface area (TPSA) is 82.7 Å². The molecule has 1 heterocycles. The Balaban J connectivity index is 1.96. The Labute approximate surface area is 142 Å². The molecule has 24 heavy (non-hydrogen) atoms. The fourth-order valence-corrected chi connectivity index (χ4v) is 2.66. The molecule has 7 heteroatoms. The summed E-state index contributed by atoms with van der Waals surface area (Å²) in [4.78, 5) is 25.6. The number of carbonyl (C=O) groups excluding carboxylic acids is 2. The van der Waals surface area contributed by atoms with Gasteiger partial charge >= 0.3 is 6.03 Å². The molecule has 0 unspecified atom stereocenters. The molecule has 3 N–H and O–H groups in total. The molecule has 0 spiro atoms. The van der Waals surface area contributed by atoms with Crippen molar-refractivity contribution in [2.75, 3.05) is 37.9 Å². The predicted octanol–water partition coefficient (Wildman–Crippen LogP) is 2.12. The van der Waals surface area contributed by atoms with Crippen LogP contribution in [0.2, 0.25) is 0 Å². The summed E-state index contributed by atoms with van der Waals surface area (Å²) in [5.74, 6) is 0.367. The fraction of sp³-hybridized carbons (Fsp3) is 0.529. The molecule has 1 aliphatic heterocycles. The van der Waals surface area contributed by atoms with E-state index in [1.165, 1.54) is 0 Å². The summed E-state index contributed by atoms with van der Waals surface area (Å²) in [5, 5.41) is 8.49. The monoisotopic (exact) mass is 334 g/mol. The SMILES string of the molecule is C[C@@H](NC(=O)Nc1ccc2c(c1)OCC(=O)N2)C(C)(C)CN(C)C. The summed E-state index contributed by atoms with van der Waals surface area (Å²) in [7, 11) is 4.03. The fourth-order valence-electron chi connectivity index (χ4n) is 2.66. The quantitative estimate of drug-likeness (QED) is 0.770. The van der Waals surface area contributed by atoms with Crippen molar-refractivity contribution in [3.63, 3.8) is 0 Å². The molecular formula is C17H26N4O3. The summed E-state index contributed by atoms with van der Waals surface area (Å²) < 4.78 is 5.35. The zero-order valence-corrected chi connectivity index (χ0v) is 14.9. The summed E-state index contributed by atoms with van der Waals surface area (Å²) in [6, 6.07) is 4.86. The molecule has 132 valence electrons. The number of carbonyl (C=O) groups is 2. The van der Waals surface area contributed by atoms with Crippen LogP contribution in [-0.4, -0.2) is 50.1 Å². The van der Waals surface area contributed by atoms with Gasteiger partial charge in [-0.1, -0.05) is 13.8 Å². The second-order valence-corrected chi connectivity index (χ2v) is 7.09. The van der Waals surface area contributed by atoms with E-state index in [-0.39, 0.29) is 30.0 Å². The lowest BCUT2D eigenvalue weighted by Gasteiger charge is -2.34. The largest absolute Gasteiger partial charge is 0.482 e. The zero-order valence-electron chi connectivity index (χ0n) is 14.9. The summed E-state index contributed by atoms with van der Waals surface area (Å²) in [5.41, 5.74) is 1.15. The van der Waals surface area contributed by atoms with Crippen LogP contribution in [0.25, 0.3) is 0 Å². The Bertz CT molecular complexity index is 628. The molecule has 7 nitrogen and oxygen atoms in total. The number of urea groups is 1. The number of ether oxygens (including phenoxy) is 1. The maximum absolute atomic E-state index is 12.2. The van der Waals surface area contributed by atoms with Crippen LogP contribution >= 0.6 is 0 Å². The third kappa shape index (κ3) is 4.61. The zero-order chi connectivity index (χ0) is 17.9. The van der Waals surface area contributed by atoms with Gasteiger partial charge < -0.3 is 25.6 Å². The highest BCUT2D eigenvalue weighted by molar-refractivity contribution is 5.96. The molecule has 0 aromatic heterocycles. The molecule has 1 aliphatic rings. The van der Waals surface area contributed by atoms with E-state index in [0.29, 0.717) is 17.1 Å². The molecule has 1 atom stereocenters. The highest BCUT2D eigenvalue weighted by atomic mass is 16.5. The van der Waals surface area contributed by atoms with E-state index in [1.807, 2.05) is 21.0 Å². The van der Waals surface area contributed by atoms with Crippen molar-refractivity contribution < 1.29 is 14.3 Å². The molecule has 0 saturated heterocycles. The van der Waals surface area contributed by atoms with Crippen molar-refractivity contribution in [3.8, 4) is 5.75 Å². The molecule has 3 amide bonds. The predicted molar refractivity (Wildman–Crippen MR) is 94.5 cm³/mol.